The molecule has 0 atom stereocenters. The lowest BCUT2D eigenvalue weighted by Gasteiger charge is -2.05. The van der Waals surface area contributed by atoms with Gasteiger partial charge in [-0.1, -0.05) is 0 Å². The van der Waals surface area contributed by atoms with Crippen LogP contribution in [0.4, 0.5) is 0 Å². The number of Topliss-reactive ketones (excluding diaryl/α,β-unsaturated/α-hetero) is 4. The molecule has 0 radical (unpaired) electrons. The Labute approximate surface area is 107 Å². The van der Waals surface area contributed by atoms with Gasteiger partial charge in [-0.05, 0) is 34.1 Å². The summed E-state index contributed by atoms with van der Waals surface area (Å²) in [4.78, 5) is 41.5. The molecule has 0 aliphatic heterocycles. The molecular formula is C12H19ClO4. The largest absolute Gasteiger partial charge is 0.300 e. The summed E-state index contributed by atoms with van der Waals surface area (Å²) in [5, 5.41) is 0. The van der Waals surface area contributed by atoms with Gasteiger partial charge in [-0.15, -0.1) is 11.6 Å². The first-order valence-corrected chi connectivity index (χ1v) is 5.81. The van der Waals surface area contributed by atoms with Crippen LogP contribution in [0, 0.1) is 5.92 Å². The fraction of sp³-hybridized carbons (Fsp3) is 0.667. The Bertz CT molecular complexity index is 271. The SMILES string of the molecule is CC(=O)C(CCCl)C(C)=O.CC(=O)CC(C)=O. The summed E-state index contributed by atoms with van der Waals surface area (Å²) in [6, 6.07) is 0. The topological polar surface area (TPSA) is 68.3 Å². The van der Waals surface area contributed by atoms with Crippen molar-refractivity contribution in [3.63, 3.8) is 0 Å². The number of hydrogen-bond donors (Lipinski definition) is 0. The van der Waals surface area contributed by atoms with E-state index in [1.165, 1.54) is 27.7 Å². The van der Waals surface area contributed by atoms with Crippen LogP contribution in [0.25, 0.3) is 0 Å². The van der Waals surface area contributed by atoms with Crippen molar-refractivity contribution in [2.45, 2.75) is 40.5 Å². The van der Waals surface area contributed by atoms with Crippen molar-refractivity contribution in [1.29, 1.82) is 0 Å². The van der Waals surface area contributed by atoms with Gasteiger partial charge in [0.05, 0.1) is 12.3 Å². The molecular weight excluding hydrogens is 244 g/mol. The molecule has 0 unspecified atom stereocenters. The lowest BCUT2D eigenvalue weighted by atomic mass is 9.98. The maximum Gasteiger partial charge on any atom is 0.140 e. The molecule has 0 rings (SSSR count). The Morgan fingerprint density at radius 3 is 1.29 bits per heavy atom. The Balaban J connectivity index is 0. The molecule has 0 saturated carbocycles. The van der Waals surface area contributed by atoms with Crippen molar-refractivity contribution in [3.05, 3.63) is 0 Å². The van der Waals surface area contributed by atoms with Gasteiger partial charge in [-0.3, -0.25) is 19.2 Å². The molecule has 0 aliphatic carbocycles. The third-order valence-electron chi connectivity index (χ3n) is 1.88. The van der Waals surface area contributed by atoms with Crippen LogP contribution < -0.4 is 0 Å². The van der Waals surface area contributed by atoms with Crippen LogP contribution in [0.2, 0.25) is 0 Å². The molecule has 0 spiro atoms. The predicted molar refractivity (Wildman–Crippen MR) is 66.2 cm³/mol. The standard InChI is InChI=1S/C7H11ClO2.C5H8O2/c1-5(9)7(3-4-8)6(2)10;1-4(6)3-5(2)7/h7H,3-4H2,1-2H3;3H2,1-2H3. The number of halogens is 1. The van der Waals surface area contributed by atoms with Gasteiger partial charge in [0.2, 0.25) is 0 Å². The second-order valence-electron chi connectivity index (χ2n) is 3.83. The van der Waals surface area contributed by atoms with Gasteiger partial charge in [0.1, 0.15) is 23.1 Å². The van der Waals surface area contributed by atoms with E-state index in [0.717, 1.165) is 0 Å². The van der Waals surface area contributed by atoms with E-state index in [1.54, 1.807) is 0 Å². The highest BCUT2D eigenvalue weighted by molar-refractivity contribution is 6.18. The summed E-state index contributed by atoms with van der Waals surface area (Å²) in [6.07, 6.45) is 0.548. The van der Waals surface area contributed by atoms with E-state index in [0.29, 0.717) is 12.3 Å². The molecule has 0 amide bonds. The van der Waals surface area contributed by atoms with E-state index in [-0.39, 0.29) is 29.6 Å². The molecule has 0 aromatic rings. The summed E-state index contributed by atoms with van der Waals surface area (Å²) in [5.41, 5.74) is 0. The number of alkyl halides is 1. The van der Waals surface area contributed by atoms with Gasteiger partial charge < -0.3 is 0 Å². The van der Waals surface area contributed by atoms with E-state index >= 15 is 0 Å². The van der Waals surface area contributed by atoms with Crippen LogP contribution in [0.1, 0.15) is 40.5 Å². The van der Waals surface area contributed by atoms with Crippen molar-refractivity contribution >= 4 is 34.7 Å². The van der Waals surface area contributed by atoms with Crippen molar-refractivity contribution < 1.29 is 19.2 Å². The second-order valence-corrected chi connectivity index (χ2v) is 4.21. The van der Waals surface area contributed by atoms with Crippen LogP contribution in [0.3, 0.4) is 0 Å². The molecule has 0 N–H and O–H groups in total. The summed E-state index contributed by atoms with van der Waals surface area (Å²) in [6.45, 7) is 5.64. The van der Waals surface area contributed by atoms with Crippen LogP contribution in [-0.4, -0.2) is 29.0 Å². The van der Waals surface area contributed by atoms with Gasteiger partial charge >= 0.3 is 0 Å². The fourth-order valence-electron chi connectivity index (χ4n) is 1.15. The first-order chi connectivity index (χ1) is 7.72. The van der Waals surface area contributed by atoms with Gasteiger partial charge in [-0.25, -0.2) is 0 Å². The summed E-state index contributed by atoms with van der Waals surface area (Å²) < 4.78 is 0. The normalized spacial score (nSPS) is 9.29. The highest BCUT2D eigenvalue weighted by Gasteiger charge is 2.17. The van der Waals surface area contributed by atoms with Crippen LogP contribution in [0.15, 0.2) is 0 Å². The van der Waals surface area contributed by atoms with Gasteiger partial charge in [-0.2, -0.15) is 0 Å². The number of hydrogen-bond acceptors (Lipinski definition) is 4. The lowest BCUT2D eigenvalue weighted by molar-refractivity contribution is -0.130. The maximum atomic E-state index is 10.7. The van der Waals surface area contributed by atoms with Crippen molar-refractivity contribution in [3.8, 4) is 0 Å². The molecule has 17 heavy (non-hydrogen) atoms. The molecule has 98 valence electrons. The van der Waals surface area contributed by atoms with Crippen molar-refractivity contribution in [1.82, 2.24) is 0 Å². The molecule has 0 saturated heterocycles. The molecule has 0 aromatic carbocycles. The van der Waals surface area contributed by atoms with E-state index in [9.17, 15) is 19.2 Å². The summed E-state index contributed by atoms with van der Waals surface area (Å²) >= 11 is 5.38. The number of carbonyl (C=O) groups is 4. The molecule has 0 aromatic heterocycles. The lowest BCUT2D eigenvalue weighted by Crippen LogP contribution is -2.19. The molecule has 0 heterocycles. The van der Waals surface area contributed by atoms with E-state index in [1.807, 2.05) is 0 Å². The Hall–Kier alpha value is -1.03. The van der Waals surface area contributed by atoms with E-state index in [2.05, 4.69) is 0 Å². The monoisotopic (exact) mass is 262 g/mol. The van der Waals surface area contributed by atoms with Crippen molar-refractivity contribution in [2.75, 3.05) is 5.88 Å². The average Bonchev–Trinajstić information content (AvgIpc) is 2.11. The second kappa shape index (κ2) is 10.1. The van der Waals surface area contributed by atoms with Crippen molar-refractivity contribution in [2.24, 2.45) is 5.92 Å². The van der Waals surface area contributed by atoms with E-state index < -0.39 is 5.92 Å². The first-order valence-electron chi connectivity index (χ1n) is 5.28. The first kappa shape index (κ1) is 18.3. The highest BCUT2D eigenvalue weighted by Crippen LogP contribution is 2.06. The van der Waals surface area contributed by atoms with Crippen LogP contribution in [-0.2, 0) is 19.2 Å². The Morgan fingerprint density at radius 2 is 1.24 bits per heavy atom. The zero-order valence-corrected chi connectivity index (χ0v) is 11.5. The Kier molecular flexibility index (Phi) is 10.9. The Morgan fingerprint density at radius 1 is 0.882 bits per heavy atom. The van der Waals surface area contributed by atoms with E-state index in [4.69, 9.17) is 11.6 Å². The quantitative estimate of drug-likeness (QED) is 0.542. The average molecular weight is 263 g/mol. The smallest absolute Gasteiger partial charge is 0.140 e. The zero-order valence-electron chi connectivity index (χ0n) is 10.7. The van der Waals surface area contributed by atoms with Gasteiger partial charge in [0.15, 0.2) is 0 Å². The third kappa shape index (κ3) is 12.9. The summed E-state index contributed by atoms with van der Waals surface area (Å²) in [5.74, 6) is -0.414. The minimum absolute atomic E-state index is 0.0625. The summed E-state index contributed by atoms with van der Waals surface area (Å²) in [7, 11) is 0. The van der Waals surface area contributed by atoms with Gasteiger partial charge in [0, 0.05) is 5.88 Å². The number of ketones is 4. The third-order valence-corrected chi connectivity index (χ3v) is 2.10. The molecule has 5 heteroatoms. The maximum absolute atomic E-state index is 10.7. The highest BCUT2D eigenvalue weighted by atomic mass is 35.5. The number of carbonyl (C=O) groups excluding carboxylic acids is 4. The fourth-order valence-corrected chi connectivity index (χ4v) is 1.37. The minimum atomic E-state index is -0.475. The minimum Gasteiger partial charge on any atom is -0.300 e. The molecule has 0 bridgehead atoms. The molecule has 4 nitrogen and oxygen atoms in total. The van der Waals surface area contributed by atoms with Crippen LogP contribution in [0.5, 0.6) is 0 Å². The predicted octanol–water partition coefficient (Wildman–Crippen LogP) is 1.96. The molecule has 0 fully saturated rings. The van der Waals surface area contributed by atoms with Crippen LogP contribution >= 0.6 is 11.6 Å². The van der Waals surface area contributed by atoms with Gasteiger partial charge in [0.25, 0.3) is 0 Å². The molecule has 0 aliphatic rings. The number of rotatable bonds is 6. The zero-order chi connectivity index (χ0) is 14.0.